The number of nitrogens with one attached hydrogen (secondary N) is 1. The predicted octanol–water partition coefficient (Wildman–Crippen LogP) is 5.82. The van der Waals surface area contributed by atoms with E-state index in [0.717, 1.165) is 28.3 Å². The number of sulfonamides is 1. The average Bonchev–Trinajstić information content (AvgIpc) is 2.95. The second-order valence-corrected chi connectivity index (χ2v) is 13.1. The monoisotopic (exact) mass is 677 g/mol. The maximum absolute atomic E-state index is 13.9. The van der Waals surface area contributed by atoms with Crippen molar-refractivity contribution < 1.29 is 22.7 Å². The van der Waals surface area contributed by atoms with E-state index in [0.29, 0.717) is 24.4 Å². The lowest BCUT2D eigenvalue weighted by Crippen LogP contribution is -2.50. The van der Waals surface area contributed by atoms with E-state index in [4.69, 9.17) is 16.3 Å². The fourth-order valence-electron chi connectivity index (χ4n) is 4.57. The van der Waals surface area contributed by atoms with E-state index in [2.05, 4.69) is 21.2 Å². The molecule has 226 valence electrons. The number of amides is 2. The Labute approximate surface area is 262 Å². The van der Waals surface area contributed by atoms with Crippen molar-refractivity contribution in [2.24, 2.45) is 0 Å². The zero-order valence-corrected chi connectivity index (χ0v) is 27.2. The van der Waals surface area contributed by atoms with Crippen molar-refractivity contribution >= 4 is 55.1 Å². The van der Waals surface area contributed by atoms with E-state index in [-0.39, 0.29) is 42.8 Å². The number of hydrogen-bond donors (Lipinski definition) is 1. The quantitative estimate of drug-likeness (QED) is 0.219. The molecule has 0 aromatic heterocycles. The molecule has 0 heterocycles. The predicted molar refractivity (Wildman–Crippen MR) is 171 cm³/mol. The van der Waals surface area contributed by atoms with Gasteiger partial charge in [0.2, 0.25) is 21.8 Å². The molecule has 0 aliphatic rings. The van der Waals surface area contributed by atoms with Gasteiger partial charge in [0.1, 0.15) is 11.8 Å². The molecule has 0 fully saturated rings. The molecular formula is C31H37BrClN3O5S. The van der Waals surface area contributed by atoms with Crippen LogP contribution in [0.4, 0.5) is 5.69 Å². The summed E-state index contributed by atoms with van der Waals surface area (Å²) in [6, 6.07) is 21.2. The molecule has 0 aliphatic heterocycles. The van der Waals surface area contributed by atoms with Crippen LogP contribution in [0.25, 0.3) is 0 Å². The first-order valence-electron chi connectivity index (χ1n) is 13.7. The summed E-state index contributed by atoms with van der Waals surface area (Å²) in [5.41, 5.74) is 2.17. The standard InChI is InChI=1S/C31H37BrClN3O5S/c1-4-17-34-31(38)28(20-23-10-6-5-7-11-23)35(22-24-12-8-13-25(32)19-24)30(37)14-9-18-36(42(3,39)40)26-15-16-29(41-2)27(33)21-26/h5-8,10-13,15-16,19,21,28H,4,9,14,17-18,20,22H2,1-3H3,(H,34,38)/t28-/m0/s1. The molecule has 0 unspecified atom stereocenters. The number of ether oxygens (including phenoxy) is 1. The number of methoxy groups -OCH3 is 1. The first kappa shape index (κ1) is 33.4. The van der Waals surface area contributed by atoms with Gasteiger partial charge < -0.3 is 15.0 Å². The number of rotatable bonds is 15. The lowest BCUT2D eigenvalue weighted by atomic mass is 10.0. The van der Waals surface area contributed by atoms with Crippen molar-refractivity contribution in [2.45, 2.75) is 45.2 Å². The molecule has 3 aromatic carbocycles. The van der Waals surface area contributed by atoms with Crippen LogP contribution in [0.15, 0.2) is 77.3 Å². The summed E-state index contributed by atoms with van der Waals surface area (Å²) in [7, 11) is -2.19. The van der Waals surface area contributed by atoms with Crippen molar-refractivity contribution in [3.63, 3.8) is 0 Å². The smallest absolute Gasteiger partial charge is 0.243 e. The molecule has 0 spiro atoms. The summed E-state index contributed by atoms with van der Waals surface area (Å²) in [6.45, 7) is 2.75. The topological polar surface area (TPSA) is 96.0 Å². The van der Waals surface area contributed by atoms with Crippen molar-refractivity contribution in [3.05, 3.63) is 93.4 Å². The third-order valence-electron chi connectivity index (χ3n) is 6.64. The van der Waals surface area contributed by atoms with Gasteiger partial charge >= 0.3 is 0 Å². The Hall–Kier alpha value is -3.08. The summed E-state index contributed by atoms with van der Waals surface area (Å²) >= 11 is 9.75. The Morgan fingerprint density at radius 2 is 1.74 bits per heavy atom. The highest BCUT2D eigenvalue weighted by Crippen LogP contribution is 2.30. The SMILES string of the molecule is CCCNC(=O)[C@H](Cc1ccccc1)N(Cc1cccc(Br)c1)C(=O)CCCN(c1ccc(OC)c(Cl)c1)S(C)(=O)=O. The Kier molecular flexibility index (Phi) is 12.7. The summed E-state index contributed by atoms with van der Waals surface area (Å²) in [6.07, 6.45) is 2.49. The zero-order chi connectivity index (χ0) is 30.7. The maximum atomic E-state index is 13.9. The minimum Gasteiger partial charge on any atom is -0.495 e. The normalized spacial score (nSPS) is 11.9. The Morgan fingerprint density at radius 1 is 1.02 bits per heavy atom. The maximum Gasteiger partial charge on any atom is 0.243 e. The second-order valence-electron chi connectivity index (χ2n) is 9.91. The lowest BCUT2D eigenvalue weighted by molar-refractivity contribution is -0.141. The fourth-order valence-corrected chi connectivity index (χ4v) is 6.22. The summed E-state index contributed by atoms with van der Waals surface area (Å²) in [5.74, 6) is -0.0449. The van der Waals surface area contributed by atoms with E-state index in [1.54, 1.807) is 17.0 Å². The molecule has 8 nitrogen and oxygen atoms in total. The zero-order valence-electron chi connectivity index (χ0n) is 24.1. The van der Waals surface area contributed by atoms with Gasteiger partial charge in [-0.2, -0.15) is 0 Å². The highest BCUT2D eigenvalue weighted by atomic mass is 79.9. The Morgan fingerprint density at radius 3 is 2.36 bits per heavy atom. The van der Waals surface area contributed by atoms with Crippen molar-refractivity contribution in [1.82, 2.24) is 10.2 Å². The number of carbonyl (C=O) groups excluding carboxylic acids is 2. The van der Waals surface area contributed by atoms with Gasteiger partial charge in [0.15, 0.2) is 0 Å². The van der Waals surface area contributed by atoms with E-state index in [1.165, 1.54) is 17.5 Å². The van der Waals surface area contributed by atoms with Gasteiger partial charge in [0.05, 0.1) is 24.1 Å². The van der Waals surface area contributed by atoms with Gasteiger partial charge in [-0.05, 0) is 54.3 Å². The van der Waals surface area contributed by atoms with Crippen molar-refractivity contribution in [3.8, 4) is 5.75 Å². The molecule has 1 N–H and O–H groups in total. The average molecular weight is 679 g/mol. The van der Waals surface area contributed by atoms with Crippen LogP contribution in [0.5, 0.6) is 5.75 Å². The van der Waals surface area contributed by atoms with Gasteiger partial charge in [0, 0.05) is 36.9 Å². The lowest BCUT2D eigenvalue weighted by Gasteiger charge is -2.32. The van der Waals surface area contributed by atoms with Crippen molar-refractivity contribution in [2.75, 3.05) is 30.8 Å². The number of halogens is 2. The summed E-state index contributed by atoms with van der Waals surface area (Å²) in [4.78, 5) is 29.0. The third-order valence-corrected chi connectivity index (χ3v) is 8.62. The second kappa shape index (κ2) is 16.0. The summed E-state index contributed by atoms with van der Waals surface area (Å²) < 4.78 is 32.6. The van der Waals surface area contributed by atoms with Crippen LogP contribution in [0.2, 0.25) is 5.02 Å². The molecule has 1 atom stereocenters. The van der Waals surface area contributed by atoms with E-state index < -0.39 is 16.1 Å². The highest BCUT2D eigenvalue weighted by molar-refractivity contribution is 9.10. The first-order valence-corrected chi connectivity index (χ1v) is 16.7. The van der Waals surface area contributed by atoms with Crippen LogP contribution >= 0.6 is 27.5 Å². The molecule has 0 aliphatic carbocycles. The molecule has 0 radical (unpaired) electrons. The largest absolute Gasteiger partial charge is 0.495 e. The molecule has 0 saturated heterocycles. The first-order chi connectivity index (χ1) is 20.0. The number of benzene rings is 3. The van der Waals surface area contributed by atoms with Gasteiger partial charge in [-0.25, -0.2) is 8.42 Å². The number of hydrogen-bond acceptors (Lipinski definition) is 5. The van der Waals surface area contributed by atoms with Gasteiger partial charge in [-0.3, -0.25) is 13.9 Å². The third kappa shape index (κ3) is 9.74. The van der Waals surface area contributed by atoms with Crippen LogP contribution < -0.4 is 14.4 Å². The fraction of sp³-hybridized carbons (Fsp3) is 0.355. The van der Waals surface area contributed by atoms with E-state index in [1.807, 2.05) is 61.5 Å². The van der Waals surface area contributed by atoms with E-state index in [9.17, 15) is 18.0 Å². The minimum absolute atomic E-state index is 0.0380. The highest BCUT2D eigenvalue weighted by Gasteiger charge is 2.30. The van der Waals surface area contributed by atoms with Gasteiger partial charge in [-0.15, -0.1) is 0 Å². The van der Waals surface area contributed by atoms with Gasteiger partial charge in [-0.1, -0.05) is 76.9 Å². The van der Waals surface area contributed by atoms with Crippen LogP contribution in [-0.4, -0.2) is 57.6 Å². The Balaban J connectivity index is 1.87. The summed E-state index contributed by atoms with van der Waals surface area (Å²) in [5, 5.41) is 3.24. The van der Waals surface area contributed by atoms with Crippen LogP contribution in [0.1, 0.15) is 37.3 Å². The van der Waals surface area contributed by atoms with E-state index >= 15 is 0 Å². The molecule has 42 heavy (non-hydrogen) atoms. The molecule has 0 bridgehead atoms. The van der Waals surface area contributed by atoms with Crippen molar-refractivity contribution in [1.29, 1.82) is 0 Å². The molecular weight excluding hydrogens is 642 g/mol. The Bertz CT molecular complexity index is 1460. The van der Waals surface area contributed by atoms with Crippen LogP contribution in [-0.2, 0) is 32.6 Å². The molecule has 3 aromatic rings. The molecule has 0 saturated carbocycles. The molecule has 11 heteroatoms. The minimum atomic E-state index is -3.67. The number of carbonyl (C=O) groups is 2. The number of anilines is 1. The number of nitrogens with zero attached hydrogens (tertiary/aromatic N) is 2. The molecule has 2 amide bonds. The molecule has 3 rings (SSSR count). The van der Waals surface area contributed by atoms with Crippen LogP contribution in [0, 0.1) is 0 Å². The van der Waals surface area contributed by atoms with Crippen LogP contribution in [0.3, 0.4) is 0 Å². The van der Waals surface area contributed by atoms with Gasteiger partial charge in [0.25, 0.3) is 0 Å².